The zero-order chi connectivity index (χ0) is 15.3. The largest absolute Gasteiger partial charge is 0.257 e. The normalized spacial score (nSPS) is 12.3. The van der Waals surface area contributed by atoms with Crippen LogP contribution in [0.25, 0.3) is 4.91 Å². The predicted molar refractivity (Wildman–Crippen MR) is 86.8 cm³/mol. The Kier molecular flexibility index (Phi) is 4.74. The number of rotatable bonds is 4. The Morgan fingerprint density at radius 1 is 1.00 bits per heavy atom. The van der Waals surface area contributed by atoms with Crippen molar-refractivity contribution in [1.29, 1.82) is 5.26 Å². The summed E-state index contributed by atoms with van der Waals surface area (Å²) in [5, 5.41) is 11.9. The maximum atomic E-state index is 12.8. The number of allylic oxidation sites excluding steroid dienone is 1. The second-order valence-electron chi connectivity index (χ2n) is 4.18. The van der Waals surface area contributed by atoms with Gasteiger partial charge in [0.2, 0.25) is 9.84 Å². The van der Waals surface area contributed by atoms with Gasteiger partial charge in [-0.25, -0.2) is 8.42 Å². The van der Waals surface area contributed by atoms with Crippen molar-refractivity contribution in [2.24, 2.45) is 0 Å². The maximum Gasteiger partial charge on any atom is 0.210 e. The molecule has 0 heterocycles. The van der Waals surface area contributed by atoms with Gasteiger partial charge in [0.1, 0.15) is 11.0 Å². The van der Waals surface area contributed by atoms with Crippen LogP contribution in [0, 0.1) is 11.3 Å². The molecule has 1 unspecified atom stereocenters. The molecule has 2 rings (SSSR count). The van der Waals surface area contributed by atoms with Crippen LogP contribution in [0.15, 0.2) is 71.3 Å². The van der Waals surface area contributed by atoms with Crippen molar-refractivity contribution < 1.29 is 8.42 Å². The monoisotopic (exact) mass is 317 g/mol. The molecule has 2 aromatic carbocycles. The molecular weight excluding hydrogens is 303 g/mol. The van der Waals surface area contributed by atoms with Gasteiger partial charge in [-0.05, 0) is 17.7 Å². The number of nitrogens with one attached hydrogen (secondary N) is 1. The fraction of sp³-hybridized carbons (Fsp3) is 0. The maximum absolute atomic E-state index is 12.8. The second kappa shape index (κ2) is 6.53. The van der Waals surface area contributed by atoms with Crippen LogP contribution in [0.3, 0.4) is 0 Å². The van der Waals surface area contributed by atoms with Crippen molar-refractivity contribution in [3.63, 3.8) is 0 Å². The molecule has 0 aliphatic heterocycles. The molecule has 2 aromatic rings. The van der Waals surface area contributed by atoms with Crippen LogP contribution in [-0.2, 0) is 9.84 Å². The molecule has 1 atom stereocenters. The first kappa shape index (κ1) is 15.2. The third-order valence-corrected chi connectivity index (χ3v) is 5.10. The molecule has 0 saturated carbocycles. The Hall–Kier alpha value is -2.15. The van der Waals surface area contributed by atoms with E-state index in [2.05, 4.69) is 5.09 Å². The Bertz CT molecular complexity index is 795. The van der Waals surface area contributed by atoms with Gasteiger partial charge in [-0.1, -0.05) is 48.5 Å². The van der Waals surface area contributed by atoms with Gasteiger partial charge in [0.05, 0.1) is 14.3 Å². The first-order valence-electron chi connectivity index (χ1n) is 6.14. The Labute approximate surface area is 126 Å². The lowest BCUT2D eigenvalue weighted by Crippen LogP contribution is -2.11. The molecule has 0 amide bonds. The third kappa shape index (κ3) is 3.13. The lowest BCUT2D eigenvalue weighted by Gasteiger charge is -2.11. The molecule has 6 heteroatoms. The number of nitriles is 1. The highest BCUT2D eigenvalue weighted by molar-refractivity contribution is 8.00. The van der Waals surface area contributed by atoms with Gasteiger partial charge < -0.3 is 0 Å². The molecular formula is C15H14N2O2PS+. The van der Waals surface area contributed by atoms with Crippen LogP contribution < -0.4 is 5.09 Å². The van der Waals surface area contributed by atoms with Crippen LogP contribution in [0.2, 0.25) is 0 Å². The average Bonchev–Trinajstić information content (AvgIpc) is 2.54. The molecule has 1 N–H and O–H groups in total. The minimum absolute atomic E-state index is 0.00759. The van der Waals surface area contributed by atoms with Gasteiger partial charge in [-0.15, -0.1) is 0 Å². The minimum Gasteiger partial charge on any atom is -0.257 e. The fourth-order valence-electron chi connectivity index (χ4n) is 1.91. The van der Waals surface area contributed by atoms with Crippen molar-refractivity contribution in [2.75, 3.05) is 0 Å². The van der Waals surface area contributed by atoms with Crippen molar-refractivity contribution in [3.05, 3.63) is 71.9 Å². The standard InChI is InChI=1S/C15H13N2O2PS/c16-11-14(17-20)15(12-7-3-1-4-8-12)21(18,19)13-9-5-2-6-10-13/h1-10,17H,20H2/p+1. The van der Waals surface area contributed by atoms with Crippen LogP contribution in [0.4, 0.5) is 0 Å². The number of nitrogens with zero attached hydrogens (tertiary/aromatic N) is 1. The molecule has 0 fully saturated rings. The molecule has 0 radical (unpaired) electrons. The summed E-state index contributed by atoms with van der Waals surface area (Å²) in [5.41, 5.74) is 0.514. The summed E-state index contributed by atoms with van der Waals surface area (Å²) in [7, 11) is -2.46. The second-order valence-corrected chi connectivity index (χ2v) is 6.42. The average molecular weight is 317 g/mol. The summed E-state index contributed by atoms with van der Waals surface area (Å²) in [6, 6.07) is 18.6. The molecule has 0 aromatic heterocycles. The van der Waals surface area contributed by atoms with Crippen molar-refractivity contribution in [2.45, 2.75) is 4.90 Å². The number of hydrogen-bond acceptors (Lipinski definition) is 4. The SMILES string of the molecule is N#CC(N[PH3+])=C(c1ccccc1)S(=O)(=O)c1ccccc1. The fourth-order valence-corrected chi connectivity index (χ4v) is 3.88. The van der Waals surface area contributed by atoms with E-state index in [0.717, 1.165) is 0 Å². The van der Waals surface area contributed by atoms with Crippen LogP contribution >= 0.6 is 9.39 Å². The smallest absolute Gasteiger partial charge is 0.210 e. The number of benzene rings is 2. The van der Waals surface area contributed by atoms with Crippen molar-refractivity contribution in [3.8, 4) is 6.07 Å². The summed E-state index contributed by atoms with van der Waals surface area (Å²) >= 11 is 0. The number of hydrogen-bond donors (Lipinski definition) is 1. The van der Waals surface area contributed by atoms with E-state index in [1.165, 1.54) is 21.5 Å². The molecule has 106 valence electrons. The Morgan fingerprint density at radius 3 is 2.00 bits per heavy atom. The minimum atomic E-state index is -3.78. The first-order valence-corrected chi connectivity index (χ1v) is 8.33. The van der Waals surface area contributed by atoms with E-state index in [-0.39, 0.29) is 15.5 Å². The van der Waals surface area contributed by atoms with Gasteiger partial charge >= 0.3 is 0 Å². The molecule has 0 aliphatic carbocycles. The van der Waals surface area contributed by atoms with Gasteiger partial charge in [0.15, 0.2) is 5.70 Å². The summed E-state index contributed by atoms with van der Waals surface area (Å²) in [4.78, 5) is 0.155. The van der Waals surface area contributed by atoms with E-state index in [0.29, 0.717) is 5.56 Å². The van der Waals surface area contributed by atoms with Crippen LogP contribution in [0.1, 0.15) is 5.56 Å². The third-order valence-electron chi connectivity index (χ3n) is 2.87. The van der Waals surface area contributed by atoms with Gasteiger partial charge in [0, 0.05) is 0 Å². The quantitative estimate of drug-likeness (QED) is 0.695. The van der Waals surface area contributed by atoms with Gasteiger partial charge in [-0.2, -0.15) is 5.26 Å². The molecule has 0 aliphatic rings. The number of sulfone groups is 1. The van der Waals surface area contributed by atoms with Crippen LogP contribution in [-0.4, -0.2) is 8.42 Å². The molecule has 4 nitrogen and oxygen atoms in total. The Balaban J connectivity index is 2.75. The van der Waals surface area contributed by atoms with Gasteiger partial charge in [0.25, 0.3) is 0 Å². The molecule has 0 bridgehead atoms. The highest BCUT2D eigenvalue weighted by atomic mass is 32.2. The lowest BCUT2D eigenvalue weighted by molar-refractivity contribution is 0.605. The van der Waals surface area contributed by atoms with E-state index < -0.39 is 9.84 Å². The summed E-state index contributed by atoms with van der Waals surface area (Å²) in [6.45, 7) is 0. The van der Waals surface area contributed by atoms with E-state index in [1.807, 2.05) is 6.07 Å². The highest BCUT2D eigenvalue weighted by Crippen LogP contribution is 2.30. The molecule has 0 saturated heterocycles. The Morgan fingerprint density at radius 2 is 1.52 bits per heavy atom. The van der Waals surface area contributed by atoms with Crippen molar-refractivity contribution >= 4 is 24.1 Å². The van der Waals surface area contributed by atoms with Gasteiger partial charge in [-0.3, -0.25) is 5.09 Å². The topological polar surface area (TPSA) is 70.0 Å². The van der Waals surface area contributed by atoms with Crippen LogP contribution in [0.5, 0.6) is 0 Å². The van der Waals surface area contributed by atoms with E-state index >= 15 is 0 Å². The van der Waals surface area contributed by atoms with E-state index in [4.69, 9.17) is 0 Å². The predicted octanol–water partition coefficient (Wildman–Crippen LogP) is 2.46. The molecule has 0 spiro atoms. The summed E-state index contributed by atoms with van der Waals surface area (Å²) in [5.74, 6) is 0. The highest BCUT2D eigenvalue weighted by Gasteiger charge is 2.26. The zero-order valence-corrected chi connectivity index (χ0v) is 13.4. The van der Waals surface area contributed by atoms with E-state index in [9.17, 15) is 13.7 Å². The van der Waals surface area contributed by atoms with E-state index in [1.54, 1.807) is 48.5 Å². The van der Waals surface area contributed by atoms with Crippen molar-refractivity contribution in [1.82, 2.24) is 5.09 Å². The summed E-state index contributed by atoms with van der Waals surface area (Å²) in [6.07, 6.45) is 0. The lowest BCUT2D eigenvalue weighted by atomic mass is 10.2. The molecule has 21 heavy (non-hydrogen) atoms. The summed E-state index contributed by atoms with van der Waals surface area (Å²) < 4.78 is 25.7. The first-order chi connectivity index (χ1) is 10.1. The zero-order valence-electron chi connectivity index (χ0n) is 11.2.